The van der Waals surface area contributed by atoms with Crippen molar-refractivity contribution in [2.24, 2.45) is 0 Å². The van der Waals surface area contributed by atoms with Crippen molar-refractivity contribution >= 4 is 23.1 Å². The van der Waals surface area contributed by atoms with Crippen LogP contribution in [0.5, 0.6) is 5.75 Å². The fourth-order valence-corrected chi connectivity index (χ4v) is 4.00. The minimum Gasteiger partial charge on any atom is -0.491 e. The first kappa shape index (κ1) is 20.7. The number of anilines is 1. The highest BCUT2D eigenvalue weighted by molar-refractivity contribution is 6.32. The second kappa shape index (κ2) is 9.10. The Balaban J connectivity index is 1.23. The number of para-hydroxylation sites is 1. The predicted octanol–water partition coefficient (Wildman–Crippen LogP) is 3.78. The number of aromatic nitrogens is 4. The van der Waals surface area contributed by atoms with Crippen molar-refractivity contribution in [1.82, 2.24) is 24.7 Å². The maximum atomic E-state index is 14.3. The van der Waals surface area contributed by atoms with Crippen molar-refractivity contribution < 1.29 is 9.13 Å². The van der Waals surface area contributed by atoms with Crippen molar-refractivity contribution in [3.63, 3.8) is 0 Å². The second-order valence-corrected chi connectivity index (χ2v) is 7.98. The van der Waals surface area contributed by atoms with Gasteiger partial charge in [0.25, 0.3) is 0 Å². The molecule has 0 unspecified atom stereocenters. The normalized spacial score (nSPS) is 14.8. The number of benzene rings is 2. The molecule has 1 aliphatic heterocycles. The fraction of sp³-hybridized carbons (Fsp3) is 0.261. The van der Waals surface area contributed by atoms with E-state index in [-0.39, 0.29) is 5.82 Å². The lowest BCUT2D eigenvalue weighted by Crippen LogP contribution is -2.47. The van der Waals surface area contributed by atoms with Gasteiger partial charge in [-0.2, -0.15) is 4.52 Å². The first-order chi connectivity index (χ1) is 15.7. The van der Waals surface area contributed by atoms with Crippen molar-refractivity contribution in [2.75, 3.05) is 44.2 Å². The molecule has 0 radical (unpaired) electrons. The molecule has 4 aromatic rings. The maximum absolute atomic E-state index is 14.3. The van der Waals surface area contributed by atoms with E-state index in [2.05, 4.69) is 20.0 Å². The molecular formula is C23H22ClFN6O. The fourth-order valence-electron chi connectivity index (χ4n) is 3.81. The molecule has 0 amide bonds. The topological polar surface area (TPSA) is 58.8 Å². The summed E-state index contributed by atoms with van der Waals surface area (Å²) in [6.07, 6.45) is 0. The molecule has 0 spiro atoms. The van der Waals surface area contributed by atoms with E-state index < -0.39 is 0 Å². The number of halogens is 2. The predicted molar refractivity (Wildman–Crippen MR) is 122 cm³/mol. The summed E-state index contributed by atoms with van der Waals surface area (Å²) in [6.45, 7) is 4.88. The molecule has 5 rings (SSSR count). The van der Waals surface area contributed by atoms with Gasteiger partial charge in [-0.1, -0.05) is 35.9 Å². The molecule has 0 aliphatic carbocycles. The summed E-state index contributed by atoms with van der Waals surface area (Å²) in [5.41, 5.74) is 0.968. The van der Waals surface area contributed by atoms with Crippen LogP contribution in [0, 0.1) is 5.82 Å². The van der Waals surface area contributed by atoms with Gasteiger partial charge < -0.3 is 9.64 Å². The summed E-state index contributed by atoms with van der Waals surface area (Å²) in [5.74, 6) is 1.59. The molecule has 0 saturated carbocycles. The monoisotopic (exact) mass is 452 g/mol. The molecule has 2 aromatic carbocycles. The van der Waals surface area contributed by atoms with E-state index in [9.17, 15) is 4.39 Å². The van der Waals surface area contributed by atoms with Crippen molar-refractivity contribution in [1.29, 1.82) is 0 Å². The first-order valence-corrected chi connectivity index (χ1v) is 10.9. The Morgan fingerprint density at radius 1 is 0.906 bits per heavy atom. The molecule has 1 fully saturated rings. The number of hydrogen-bond acceptors (Lipinski definition) is 6. The van der Waals surface area contributed by atoms with Crippen LogP contribution in [0.1, 0.15) is 0 Å². The van der Waals surface area contributed by atoms with Crippen molar-refractivity contribution in [3.8, 4) is 17.1 Å². The lowest BCUT2D eigenvalue weighted by atomic mass is 10.2. The summed E-state index contributed by atoms with van der Waals surface area (Å²) < 4.78 is 21.7. The van der Waals surface area contributed by atoms with E-state index >= 15 is 0 Å². The highest BCUT2D eigenvalue weighted by Gasteiger charge is 2.20. The van der Waals surface area contributed by atoms with Gasteiger partial charge in [0.05, 0.1) is 10.6 Å². The van der Waals surface area contributed by atoms with E-state index in [1.807, 2.05) is 36.4 Å². The summed E-state index contributed by atoms with van der Waals surface area (Å²) in [5, 5.41) is 13.6. The van der Waals surface area contributed by atoms with Gasteiger partial charge in [0, 0.05) is 32.7 Å². The number of nitrogens with zero attached hydrogens (tertiary/aromatic N) is 6. The highest BCUT2D eigenvalue weighted by atomic mass is 35.5. The lowest BCUT2D eigenvalue weighted by molar-refractivity contribution is 0.200. The first-order valence-electron chi connectivity index (χ1n) is 10.5. The number of rotatable bonds is 6. The van der Waals surface area contributed by atoms with Crippen LogP contribution in [-0.4, -0.2) is 64.0 Å². The molecule has 0 N–H and O–H groups in total. The van der Waals surface area contributed by atoms with Crippen LogP contribution in [-0.2, 0) is 0 Å². The number of fused-ring (bicyclic) bond motifs is 1. The van der Waals surface area contributed by atoms with Gasteiger partial charge in [0.2, 0.25) is 0 Å². The number of hydrogen-bond donors (Lipinski definition) is 0. The Morgan fingerprint density at radius 2 is 1.69 bits per heavy atom. The molecule has 7 nitrogen and oxygen atoms in total. The van der Waals surface area contributed by atoms with Crippen LogP contribution in [0.25, 0.3) is 17.0 Å². The molecule has 0 atom stereocenters. The Morgan fingerprint density at radius 3 is 2.50 bits per heavy atom. The van der Waals surface area contributed by atoms with E-state index in [1.165, 1.54) is 6.07 Å². The average Bonchev–Trinajstić information content (AvgIpc) is 3.24. The van der Waals surface area contributed by atoms with Gasteiger partial charge in [0.15, 0.2) is 11.5 Å². The summed E-state index contributed by atoms with van der Waals surface area (Å²) in [6, 6.07) is 17.8. The van der Waals surface area contributed by atoms with Gasteiger partial charge in [-0.15, -0.1) is 15.3 Å². The lowest BCUT2D eigenvalue weighted by Gasteiger charge is -2.35. The smallest absolute Gasteiger partial charge is 0.188 e. The molecule has 9 heteroatoms. The van der Waals surface area contributed by atoms with Crippen LogP contribution in [0.15, 0.2) is 60.7 Å². The Bertz CT molecular complexity index is 1220. The average molecular weight is 453 g/mol. The van der Waals surface area contributed by atoms with Crippen molar-refractivity contribution in [3.05, 3.63) is 71.5 Å². The maximum Gasteiger partial charge on any atom is 0.188 e. The quantitative estimate of drug-likeness (QED) is 0.443. The SMILES string of the molecule is Fc1ccccc1-c1nnc2ccc(N3CCN(CCOc4ccccc4Cl)CC3)nn12. The van der Waals surface area contributed by atoms with Crippen molar-refractivity contribution in [2.45, 2.75) is 0 Å². The summed E-state index contributed by atoms with van der Waals surface area (Å²) in [4.78, 5) is 4.57. The third-order valence-corrected chi connectivity index (χ3v) is 5.87. The van der Waals surface area contributed by atoms with Crippen LogP contribution in [0.2, 0.25) is 5.02 Å². The molecule has 164 valence electrons. The van der Waals surface area contributed by atoms with Crippen LogP contribution in [0.4, 0.5) is 10.2 Å². The van der Waals surface area contributed by atoms with E-state index in [4.69, 9.17) is 21.4 Å². The van der Waals surface area contributed by atoms with Crippen LogP contribution >= 0.6 is 11.6 Å². The summed E-state index contributed by atoms with van der Waals surface area (Å²) in [7, 11) is 0. The van der Waals surface area contributed by atoms with Gasteiger partial charge in [-0.05, 0) is 36.4 Å². The minimum atomic E-state index is -0.346. The van der Waals surface area contributed by atoms with Gasteiger partial charge in [-0.3, -0.25) is 4.90 Å². The Hall–Kier alpha value is -3.23. The van der Waals surface area contributed by atoms with Crippen LogP contribution in [0.3, 0.4) is 0 Å². The van der Waals surface area contributed by atoms with E-state index in [1.54, 1.807) is 22.7 Å². The molecular weight excluding hydrogens is 431 g/mol. The highest BCUT2D eigenvalue weighted by Crippen LogP contribution is 2.24. The minimum absolute atomic E-state index is 0.346. The van der Waals surface area contributed by atoms with E-state index in [0.29, 0.717) is 34.4 Å². The van der Waals surface area contributed by atoms with Gasteiger partial charge in [-0.25, -0.2) is 4.39 Å². The molecule has 0 bridgehead atoms. The molecule has 1 saturated heterocycles. The zero-order chi connectivity index (χ0) is 21.9. The van der Waals surface area contributed by atoms with Crippen LogP contribution < -0.4 is 9.64 Å². The Kier molecular flexibility index (Phi) is 5.87. The molecule has 1 aliphatic rings. The number of piperazine rings is 1. The largest absolute Gasteiger partial charge is 0.491 e. The molecule has 3 heterocycles. The number of ether oxygens (including phenoxy) is 1. The van der Waals surface area contributed by atoms with Gasteiger partial charge >= 0.3 is 0 Å². The standard InChI is InChI=1S/C23H22ClFN6O/c24-18-6-2-4-8-20(18)32-16-15-29-11-13-30(14-12-29)22-10-9-21-26-27-23(31(21)28-22)17-5-1-3-7-19(17)25/h1-10H,11-16H2. The zero-order valence-electron chi connectivity index (χ0n) is 17.4. The third-order valence-electron chi connectivity index (χ3n) is 5.56. The summed E-state index contributed by atoms with van der Waals surface area (Å²) >= 11 is 6.14. The van der Waals surface area contributed by atoms with Gasteiger partial charge in [0.1, 0.15) is 24.0 Å². The molecule has 32 heavy (non-hydrogen) atoms. The third kappa shape index (κ3) is 4.24. The molecule has 2 aromatic heterocycles. The zero-order valence-corrected chi connectivity index (χ0v) is 18.1. The Labute approximate surface area is 190 Å². The second-order valence-electron chi connectivity index (χ2n) is 7.57. The van der Waals surface area contributed by atoms with E-state index in [0.717, 1.165) is 38.5 Å².